The number of nitrogens with zero attached hydrogens (tertiary/aromatic N) is 1. The number of nitrogens with two attached hydrogens (primary N) is 1. The predicted molar refractivity (Wildman–Crippen MR) is 65.1 cm³/mol. The Labute approximate surface area is 106 Å². The maximum Gasteiger partial charge on any atom is 0.180 e. The summed E-state index contributed by atoms with van der Waals surface area (Å²) < 4.78 is 40.2. The van der Waals surface area contributed by atoms with Crippen LogP contribution in [0.15, 0.2) is 12.1 Å². The number of hydrogen-bond acceptors (Lipinski definition) is 3. The number of rotatable bonds is 2. The van der Waals surface area contributed by atoms with Crippen molar-refractivity contribution >= 4 is 16.5 Å². The van der Waals surface area contributed by atoms with Crippen LogP contribution < -0.4 is 5.73 Å². The van der Waals surface area contributed by atoms with E-state index in [1.165, 1.54) is 11.3 Å². The van der Waals surface area contributed by atoms with Gasteiger partial charge in [-0.25, -0.2) is 18.2 Å². The van der Waals surface area contributed by atoms with Crippen LogP contribution in [0.4, 0.5) is 18.3 Å². The lowest BCUT2D eigenvalue weighted by molar-refractivity contribution is 0.518. The molecule has 0 aliphatic rings. The van der Waals surface area contributed by atoms with Gasteiger partial charge in [0.25, 0.3) is 0 Å². The van der Waals surface area contributed by atoms with Crippen molar-refractivity contribution in [2.75, 3.05) is 5.73 Å². The molecule has 2 N–H and O–H groups in total. The van der Waals surface area contributed by atoms with Crippen molar-refractivity contribution in [3.8, 4) is 0 Å². The Morgan fingerprint density at radius 3 is 2.22 bits per heavy atom. The van der Waals surface area contributed by atoms with E-state index >= 15 is 0 Å². The van der Waals surface area contributed by atoms with Gasteiger partial charge in [-0.1, -0.05) is 6.92 Å². The molecule has 0 bridgehead atoms. The number of hydrogen-bond donors (Lipinski definition) is 1. The molecular weight excluding hydrogens is 261 g/mol. The first kappa shape index (κ1) is 12.9. The van der Waals surface area contributed by atoms with E-state index in [2.05, 4.69) is 4.98 Å². The molecule has 1 aromatic heterocycles. The molecule has 0 saturated heterocycles. The Kier molecular flexibility index (Phi) is 3.30. The summed E-state index contributed by atoms with van der Waals surface area (Å²) in [7, 11) is 0. The quantitative estimate of drug-likeness (QED) is 0.907. The van der Waals surface area contributed by atoms with Crippen molar-refractivity contribution in [3.05, 3.63) is 45.7 Å². The third kappa shape index (κ3) is 2.20. The van der Waals surface area contributed by atoms with Crippen LogP contribution >= 0.6 is 11.3 Å². The number of halogens is 3. The summed E-state index contributed by atoms with van der Waals surface area (Å²) in [5.74, 6) is -3.28. The van der Waals surface area contributed by atoms with E-state index < -0.39 is 23.4 Å². The van der Waals surface area contributed by atoms with Crippen LogP contribution in [-0.4, -0.2) is 4.98 Å². The fourth-order valence-corrected chi connectivity index (χ4v) is 2.83. The van der Waals surface area contributed by atoms with E-state index in [-0.39, 0.29) is 5.56 Å². The monoisotopic (exact) mass is 272 g/mol. The summed E-state index contributed by atoms with van der Waals surface area (Å²) in [6.45, 7) is 3.36. The summed E-state index contributed by atoms with van der Waals surface area (Å²) in [5, 5.41) is 0.345. The van der Waals surface area contributed by atoms with Crippen molar-refractivity contribution in [3.63, 3.8) is 0 Å². The largest absolute Gasteiger partial charge is 0.375 e. The summed E-state index contributed by atoms with van der Waals surface area (Å²) in [6, 6.07) is 1.35. The van der Waals surface area contributed by atoms with Crippen molar-refractivity contribution in [1.29, 1.82) is 0 Å². The summed E-state index contributed by atoms with van der Waals surface area (Å²) in [4.78, 5) is 4.69. The third-order valence-corrected chi connectivity index (χ3v) is 3.89. The maximum atomic E-state index is 13.7. The van der Waals surface area contributed by atoms with E-state index in [4.69, 9.17) is 5.73 Å². The Balaban J connectivity index is 2.52. The van der Waals surface area contributed by atoms with E-state index in [1.807, 2.05) is 0 Å². The minimum Gasteiger partial charge on any atom is -0.375 e. The van der Waals surface area contributed by atoms with Crippen LogP contribution in [0.1, 0.15) is 29.0 Å². The van der Waals surface area contributed by atoms with Gasteiger partial charge in [0.1, 0.15) is 17.5 Å². The number of anilines is 1. The molecule has 2 aromatic rings. The molecule has 0 aliphatic heterocycles. The zero-order chi connectivity index (χ0) is 13.4. The number of thiazole rings is 1. The molecule has 1 unspecified atom stereocenters. The van der Waals surface area contributed by atoms with Gasteiger partial charge >= 0.3 is 0 Å². The molecule has 0 radical (unpaired) electrons. The fraction of sp³-hybridized carbons (Fsp3) is 0.250. The second kappa shape index (κ2) is 4.61. The predicted octanol–water partition coefficient (Wildman–Crippen LogP) is 3.60. The van der Waals surface area contributed by atoms with Gasteiger partial charge < -0.3 is 5.73 Å². The standard InChI is InChI=1S/C12H11F3N2S/c1-5(11-6(2)17-12(16)18-11)10-8(14)3-7(13)4-9(10)15/h3-5H,1-2H3,(H2,16,17). The molecule has 0 aliphatic carbocycles. The van der Waals surface area contributed by atoms with Crippen molar-refractivity contribution in [1.82, 2.24) is 4.98 Å². The van der Waals surface area contributed by atoms with Crippen LogP contribution in [0.2, 0.25) is 0 Å². The van der Waals surface area contributed by atoms with Gasteiger partial charge in [-0.15, -0.1) is 11.3 Å². The minimum atomic E-state index is -0.929. The lowest BCUT2D eigenvalue weighted by Crippen LogP contribution is -2.04. The van der Waals surface area contributed by atoms with Crippen LogP contribution in [-0.2, 0) is 0 Å². The zero-order valence-corrected chi connectivity index (χ0v) is 10.6. The minimum absolute atomic E-state index is 0.164. The molecule has 1 heterocycles. The first-order valence-corrected chi connectivity index (χ1v) is 6.09. The highest BCUT2D eigenvalue weighted by molar-refractivity contribution is 7.15. The number of aryl methyl sites for hydroxylation is 1. The Morgan fingerprint density at radius 1 is 1.22 bits per heavy atom. The van der Waals surface area contributed by atoms with E-state index in [0.29, 0.717) is 27.8 Å². The van der Waals surface area contributed by atoms with Gasteiger partial charge in [0.15, 0.2) is 5.13 Å². The van der Waals surface area contributed by atoms with Crippen LogP contribution in [0.5, 0.6) is 0 Å². The lowest BCUT2D eigenvalue weighted by Gasteiger charge is -2.13. The lowest BCUT2D eigenvalue weighted by atomic mass is 9.97. The molecule has 1 atom stereocenters. The van der Waals surface area contributed by atoms with Crippen molar-refractivity contribution in [2.24, 2.45) is 0 Å². The molecule has 0 fully saturated rings. The highest BCUT2D eigenvalue weighted by atomic mass is 32.1. The Morgan fingerprint density at radius 2 is 1.78 bits per heavy atom. The number of nitrogen functional groups attached to an aromatic ring is 1. The summed E-state index contributed by atoms with van der Waals surface area (Å²) in [5.41, 5.74) is 6.02. The number of benzene rings is 1. The van der Waals surface area contributed by atoms with Crippen molar-refractivity contribution in [2.45, 2.75) is 19.8 Å². The van der Waals surface area contributed by atoms with Crippen molar-refractivity contribution < 1.29 is 13.2 Å². The molecule has 6 heteroatoms. The van der Waals surface area contributed by atoms with Crippen LogP contribution in [0, 0.1) is 24.4 Å². The second-order valence-corrected chi connectivity index (χ2v) is 5.07. The second-order valence-electron chi connectivity index (χ2n) is 4.01. The topological polar surface area (TPSA) is 38.9 Å². The van der Waals surface area contributed by atoms with Gasteiger partial charge in [0.05, 0.1) is 5.69 Å². The Bertz CT molecular complexity index is 572. The number of aromatic nitrogens is 1. The highest BCUT2D eigenvalue weighted by Gasteiger charge is 2.22. The van der Waals surface area contributed by atoms with Gasteiger partial charge in [-0.2, -0.15) is 0 Å². The third-order valence-electron chi connectivity index (χ3n) is 2.72. The molecule has 0 amide bonds. The SMILES string of the molecule is Cc1nc(N)sc1C(C)c1c(F)cc(F)cc1F. The van der Waals surface area contributed by atoms with Gasteiger partial charge in [0.2, 0.25) is 0 Å². The average Bonchev–Trinajstić information content (AvgIpc) is 2.56. The van der Waals surface area contributed by atoms with Gasteiger partial charge in [-0.05, 0) is 6.92 Å². The molecule has 0 spiro atoms. The van der Waals surface area contributed by atoms with E-state index in [0.717, 1.165) is 0 Å². The van der Waals surface area contributed by atoms with Gasteiger partial charge in [-0.3, -0.25) is 0 Å². The molecule has 2 rings (SSSR count). The fourth-order valence-electron chi connectivity index (χ4n) is 1.93. The smallest absolute Gasteiger partial charge is 0.180 e. The first-order chi connectivity index (χ1) is 8.40. The Hall–Kier alpha value is -1.56. The van der Waals surface area contributed by atoms with Crippen LogP contribution in [0.25, 0.3) is 0 Å². The molecule has 0 saturated carbocycles. The molecule has 18 heavy (non-hydrogen) atoms. The average molecular weight is 272 g/mol. The normalized spacial score (nSPS) is 12.7. The van der Waals surface area contributed by atoms with E-state index in [1.54, 1.807) is 13.8 Å². The van der Waals surface area contributed by atoms with Crippen LogP contribution in [0.3, 0.4) is 0 Å². The molecule has 2 nitrogen and oxygen atoms in total. The first-order valence-electron chi connectivity index (χ1n) is 5.27. The molecule has 1 aromatic carbocycles. The summed E-state index contributed by atoms with van der Waals surface area (Å²) in [6.07, 6.45) is 0. The highest BCUT2D eigenvalue weighted by Crippen LogP contribution is 2.35. The van der Waals surface area contributed by atoms with Gasteiger partial charge in [0, 0.05) is 28.5 Å². The maximum absolute atomic E-state index is 13.7. The van der Waals surface area contributed by atoms with E-state index in [9.17, 15) is 13.2 Å². The molecule has 96 valence electrons. The molecular formula is C12H11F3N2S. The zero-order valence-electron chi connectivity index (χ0n) is 9.80. The summed E-state index contributed by atoms with van der Waals surface area (Å²) >= 11 is 1.18.